The number of aromatic nitrogens is 1. The van der Waals surface area contributed by atoms with Crippen molar-refractivity contribution in [1.82, 2.24) is 4.98 Å². The summed E-state index contributed by atoms with van der Waals surface area (Å²) in [6.07, 6.45) is 1.43. The van der Waals surface area contributed by atoms with Crippen LogP contribution in [0, 0.1) is 13.8 Å². The Morgan fingerprint density at radius 1 is 1.06 bits per heavy atom. The van der Waals surface area contributed by atoms with E-state index in [9.17, 15) is 19.8 Å². The standard InChI is InChI=1S/C26H20N2O5S/c1-14-10-11-18(29)17(13-14)28-21(19-9-6-12-33-19)20(23(31)26(28)32)22(30)24-15(2)27-25(34-24)16-7-4-3-5-8-16/h3-13,21,29,31H,1-2H3. The largest absolute Gasteiger partial charge is 0.506 e. The van der Waals surface area contributed by atoms with Crippen LogP contribution in [0.2, 0.25) is 0 Å². The lowest BCUT2D eigenvalue weighted by atomic mass is 9.99. The van der Waals surface area contributed by atoms with Gasteiger partial charge in [-0.1, -0.05) is 36.4 Å². The van der Waals surface area contributed by atoms with Crippen LogP contribution in [0.15, 0.2) is 82.7 Å². The lowest BCUT2D eigenvalue weighted by Crippen LogP contribution is -2.31. The van der Waals surface area contributed by atoms with Crippen LogP contribution in [0.5, 0.6) is 5.75 Å². The average molecular weight is 473 g/mol. The van der Waals surface area contributed by atoms with Crippen molar-refractivity contribution in [2.24, 2.45) is 0 Å². The quantitative estimate of drug-likeness (QED) is 0.371. The Labute approximate surface area is 199 Å². The van der Waals surface area contributed by atoms with Crippen LogP contribution in [0.25, 0.3) is 10.6 Å². The van der Waals surface area contributed by atoms with Crippen molar-refractivity contribution in [2.75, 3.05) is 4.90 Å². The Morgan fingerprint density at radius 2 is 1.82 bits per heavy atom. The number of benzene rings is 2. The number of Topliss-reactive ketones (excluding diaryl/α,β-unsaturated/α-hetero) is 1. The number of aliphatic hydroxyl groups excluding tert-OH is 1. The normalized spacial score (nSPS) is 15.9. The predicted octanol–water partition coefficient (Wildman–Crippen LogP) is 5.51. The summed E-state index contributed by atoms with van der Waals surface area (Å²) in [6, 6.07) is 16.5. The number of ketones is 1. The van der Waals surface area contributed by atoms with Gasteiger partial charge in [-0.25, -0.2) is 4.98 Å². The number of carbonyl (C=O) groups excluding carboxylic acids is 2. The summed E-state index contributed by atoms with van der Waals surface area (Å²) in [5.74, 6) is -1.86. The number of amides is 1. The molecule has 0 radical (unpaired) electrons. The number of hydrogen-bond acceptors (Lipinski definition) is 7. The molecule has 1 aliphatic heterocycles. The second-order valence-corrected chi connectivity index (χ2v) is 8.98. The number of carbonyl (C=O) groups is 2. The number of aromatic hydroxyl groups is 1. The maximum Gasteiger partial charge on any atom is 0.294 e. The molecule has 0 fully saturated rings. The highest BCUT2D eigenvalue weighted by atomic mass is 32.1. The van der Waals surface area contributed by atoms with Crippen LogP contribution in [-0.4, -0.2) is 26.9 Å². The number of furan rings is 1. The van der Waals surface area contributed by atoms with Crippen molar-refractivity contribution in [3.05, 3.63) is 100 Å². The monoisotopic (exact) mass is 472 g/mol. The number of phenols is 1. The molecular weight excluding hydrogens is 452 g/mol. The van der Waals surface area contributed by atoms with Crippen molar-refractivity contribution in [2.45, 2.75) is 19.9 Å². The zero-order valence-corrected chi connectivity index (χ0v) is 19.2. The summed E-state index contributed by atoms with van der Waals surface area (Å²) in [5, 5.41) is 22.1. The highest BCUT2D eigenvalue weighted by molar-refractivity contribution is 7.17. The zero-order valence-electron chi connectivity index (χ0n) is 18.4. The third-order valence-corrected chi connectivity index (χ3v) is 6.88. The SMILES string of the molecule is Cc1ccc(O)c(N2C(=O)C(O)=C(C(=O)c3sc(-c4ccccc4)nc3C)C2c2ccco2)c1. The van der Waals surface area contributed by atoms with E-state index in [0.29, 0.717) is 15.6 Å². The molecule has 1 amide bonds. The van der Waals surface area contributed by atoms with Crippen LogP contribution in [0.4, 0.5) is 5.69 Å². The van der Waals surface area contributed by atoms with Gasteiger partial charge in [-0.3, -0.25) is 14.5 Å². The van der Waals surface area contributed by atoms with Crippen LogP contribution in [0.3, 0.4) is 0 Å². The lowest BCUT2D eigenvalue weighted by Gasteiger charge is -2.25. The molecule has 34 heavy (non-hydrogen) atoms. The molecular formula is C26H20N2O5S. The van der Waals surface area contributed by atoms with E-state index in [-0.39, 0.29) is 22.8 Å². The van der Waals surface area contributed by atoms with Gasteiger partial charge in [-0.2, -0.15) is 0 Å². The van der Waals surface area contributed by atoms with E-state index in [0.717, 1.165) is 11.1 Å². The van der Waals surface area contributed by atoms with Gasteiger partial charge in [-0.05, 0) is 43.7 Å². The molecule has 2 N–H and O–H groups in total. The fourth-order valence-electron chi connectivity index (χ4n) is 4.06. The summed E-state index contributed by atoms with van der Waals surface area (Å²) >= 11 is 1.20. The number of aliphatic hydroxyl groups is 1. The highest BCUT2D eigenvalue weighted by Gasteiger charge is 2.47. The third-order valence-electron chi connectivity index (χ3n) is 5.68. The van der Waals surface area contributed by atoms with Crippen LogP contribution in [0.1, 0.15) is 32.7 Å². The van der Waals surface area contributed by atoms with Crippen molar-refractivity contribution in [1.29, 1.82) is 0 Å². The molecule has 170 valence electrons. The smallest absolute Gasteiger partial charge is 0.294 e. The van der Waals surface area contributed by atoms with Gasteiger partial charge in [0, 0.05) is 5.56 Å². The number of aryl methyl sites for hydroxylation is 2. The van der Waals surface area contributed by atoms with Crippen LogP contribution < -0.4 is 4.90 Å². The molecule has 8 heteroatoms. The number of anilines is 1. The lowest BCUT2D eigenvalue weighted by molar-refractivity contribution is -0.117. The molecule has 0 spiro atoms. The molecule has 5 rings (SSSR count). The van der Waals surface area contributed by atoms with Gasteiger partial charge in [-0.15, -0.1) is 11.3 Å². The van der Waals surface area contributed by atoms with Gasteiger partial charge in [0.25, 0.3) is 5.91 Å². The van der Waals surface area contributed by atoms with Gasteiger partial charge in [0.05, 0.1) is 28.1 Å². The molecule has 0 bridgehead atoms. The Kier molecular flexibility index (Phi) is 5.30. The van der Waals surface area contributed by atoms with Gasteiger partial charge >= 0.3 is 0 Å². The molecule has 1 unspecified atom stereocenters. The Morgan fingerprint density at radius 3 is 2.53 bits per heavy atom. The number of phenolic OH excluding ortho intramolecular Hbond substituents is 1. The van der Waals surface area contributed by atoms with Gasteiger partial charge < -0.3 is 14.6 Å². The van der Waals surface area contributed by atoms with Crippen molar-refractivity contribution in [3.63, 3.8) is 0 Å². The zero-order chi connectivity index (χ0) is 24.0. The number of nitrogens with zero attached hydrogens (tertiary/aromatic N) is 2. The second kappa shape index (κ2) is 8.31. The molecule has 2 aromatic heterocycles. The first-order chi connectivity index (χ1) is 16.4. The van der Waals surface area contributed by atoms with Gasteiger partial charge in [0.1, 0.15) is 22.6 Å². The molecule has 7 nitrogen and oxygen atoms in total. The molecule has 3 heterocycles. The minimum Gasteiger partial charge on any atom is -0.506 e. The van der Waals surface area contributed by atoms with E-state index in [1.807, 2.05) is 37.3 Å². The van der Waals surface area contributed by atoms with E-state index >= 15 is 0 Å². The molecule has 0 saturated heterocycles. The Balaban J connectivity index is 1.63. The maximum absolute atomic E-state index is 13.8. The van der Waals surface area contributed by atoms with Crippen LogP contribution >= 0.6 is 11.3 Å². The van der Waals surface area contributed by atoms with E-state index in [1.165, 1.54) is 28.6 Å². The number of rotatable bonds is 5. The molecule has 0 aliphatic carbocycles. The van der Waals surface area contributed by atoms with E-state index in [2.05, 4.69) is 4.98 Å². The molecule has 0 saturated carbocycles. The summed E-state index contributed by atoms with van der Waals surface area (Å²) in [7, 11) is 0. The molecule has 1 aliphatic rings. The Bertz CT molecular complexity index is 1440. The summed E-state index contributed by atoms with van der Waals surface area (Å²) in [6.45, 7) is 3.53. The third kappa shape index (κ3) is 3.48. The molecule has 2 aromatic carbocycles. The second-order valence-electron chi connectivity index (χ2n) is 7.98. The fraction of sp³-hybridized carbons (Fsp3) is 0.115. The predicted molar refractivity (Wildman–Crippen MR) is 128 cm³/mol. The first-order valence-corrected chi connectivity index (χ1v) is 11.4. The average Bonchev–Trinajstić information content (AvgIpc) is 3.55. The highest BCUT2D eigenvalue weighted by Crippen LogP contribution is 2.45. The summed E-state index contributed by atoms with van der Waals surface area (Å²) in [5.41, 5.74) is 2.21. The summed E-state index contributed by atoms with van der Waals surface area (Å²) in [4.78, 5) is 33.1. The van der Waals surface area contributed by atoms with E-state index in [1.54, 1.807) is 31.2 Å². The maximum atomic E-state index is 13.8. The number of thiazole rings is 1. The number of hydrogen-bond donors (Lipinski definition) is 2. The fourth-order valence-corrected chi connectivity index (χ4v) is 5.09. The topological polar surface area (TPSA) is 104 Å². The van der Waals surface area contributed by atoms with E-state index < -0.39 is 23.5 Å². The van der Waals surface area contributed by atoms with Crippen LogP contribution in [-0.2, 0) is 4.79 Å². The van der Waals surface area contributed by atoms with E-state index in [4.69, 9.17) is 4.42 Å². The van der Waals surface area contributed by atoms with Crippen molar-refractivity contribution >= 4 is 28.7 Å². The van der Waals surface area contributed by atoms with Gasteiger partial charge in [0.2, 0.25) is 5.78 Å². The first kappa shape index (κ1) is 21.7. The first-order valence-electron chi connectivity index (χ1n) is 10.5. The van der Waals surface area contributed by atoms with Gasteiger partial charge in [0.15, 0.2) is 5.76 Å². The summed E-state index contributed by atoms with van der Waals surface area (Å²) < 4.78 is 5.57. The minimum atomic E-state index is -1.05. The minimum absolute atomic E-state index is 0.118. The van der Waals surface area contributed by atoms with Crippen molar-refractivity contribution in [3.8, 4) is 16.3 Å². The van der Waals surface area contributed by atoms with Crippen molar-refractivity contribution < 1.29 is 24.2 Å². The molecule has 1 atom stereocenters. The Hall–Kier alpha value is -4.17. The molecule has 4 aromatic rings.